The molecule has 0 saturated heterocycles. The van der Waals surface area contributed by atoms with E-state index in [1.807, 2.05) is 43.3 Å². The van der Waals surface area contributed by atoms with Gasteiger partial charge in [0.25, 0.3) is 0 Å². The summed E-state index contributed by atoms with van der Waals surface area (Å²) >= 11 is 0. The van der Waals surface area contributed by atoms with Gasteiger partial charge in [-0.05, 0) is 48.9 Å². The smallest absolute Gasteiger partial charge is 0.161 e. The quantitative estimate of drug-likeness (QED) is 0.107. The van der Waals surface area contributed by atoms with Gasteiger partial charge >= 0.3 is 0 Å². The van der Waals surface area contributed by atoms with Gasteiger partial charge in [0.2, 0.25) is 0 Å². The van der Waals surface area contributed by atoms with Crippen LogP contribution in [0.2, 0.25) is 0 Å². The molecule has 7 aromatic rings. The van der Waals surface area contributed by atoms with E-state index in [4.69, 9.17) is 9.98 Å². The maximum Gasteiger partial charge on any atom is 0.161 e. The summed E-state index contributed by atoms with van der Waals surface area (Å²) in [7, 11) is 0. The molecule has 216 valence electrons. The molecule has 0 aliphatic rings. The summed E-state index contributed by atoms with van der Waals surface area (Å²) in [6.07, 6.45) is 5.35. The monoisotopic (exact) mass is 580 g/mol. The first-order chi connectivity index (χ1) is 22.1. The number of amidine groups is 1. The van der Waals surface area contributed by atoms with Crippen LogP contribution in [0.4, 0.5) is 0 Å². The Morgan fingerprint density at radius 3 is 1.89 bits per heavy atom. The van der Waals surface area contributed by atoms with Gasteiger partial charge in [0.15, 0.2) is 5.84 Å². The lowest BCUT2D eigenvalue weighted by Gasteiger charge is -2.11. The van der Waals surface area contributed by atoms with Crippen molar-refractivity contribution >= 4 is 61.0 Å². The lowest BCUT2D eigenvalue weighted by molar-refractivity contribution is 1.18. The van der Waals surface area contributed by atoms with Crippen LogP contribution in [-0.4, -0.2) is 20.8 Å². The first-order valence-electron chi connectivity index (χ1n) is 14.9. The van der Waals surface area contributed by atoms with E-state index in [1.54, 1.807) is 12.2 Å². The average Bonchev–Trinajstić information content (AvgIpc) is 3.58. The molecule has 0 radical (unpaired) electrons. The molecule has 0 atom stereocenters. The molecule has 2 heterocycles. The first kappa shape index (κ1) is 27.8. The molecule has 0 aliphatic heterocycles. The third kappa shape index (κ3) is 4.83. The Bertz CT molecular complexity index is 2360. The normalized spacial score (nSPS) is 12.8. The van der Waals surface area contributed by atoms with Crippen molar-refractivity contribution in [3.63, 3.8) is 0 Å². The summed E-state index contributed by atoms with van der Waals surface area (Å²) in [5, 5.41) is 4.70. The summed E-state index contributed by atoms with van der Waals surface area (Å²) in [4.78, 5) is 10.1. The number of hydrogen-bond donors (Lipinski definition) is 0. The fourth-order valence-electron chi connectivity index (χ4n) is 6.18. The predicted octanol–water partition coefficient (Wildman–Crippen LogP) is 10.5. The lowest BCUT2D eigenvalue weighted by Crippen LogP contribution is -2.11. The van der Waals surface area contributed by atoms with E-state index in [0.29, 0.717) is 11.5 Å². The van der Waals surface area contributed by atoms with Crippen LogP contribution in [0.3, 0.4) is 0 Å². The van der Waals surface area contributed by atoms with E-state index in [9.17, 15) is 0 Å². The van der Waals surface area contributed by atoms with Gasteiger partial charge in [0.1, 0.15) is 5.84 Å². The third-order valence-electron chi connectivity index (χ3n) is 8.20. The number of hydrogen-bond acceptors (Lipinski definition) is 1. The van der Waals surface area contributed by atoms with E-state index >= 15 is 0 Å². The number of nitrogens with zero attached hydrogens (tertiary/aromatic N) is 4. The van der Waals surface area contributed by atoms with E-state index in [-0.39, 0.29) is 0 Å². The minimum absolute atomic E-state index is 0.518. The number of aliphatic imine (C=N–C) groups is 2. The highest BCUT2D eigenvalue weighted by atomic mass is 15.1. The van der Waals surface area contributed by atoms with Crippen LogP contribution >= 0.6 is 0 Å². The van der Waals surface area contributed by atoms with E-state index < -0.39 is 0 Å². The summed E-state index contributed by atoms with van der Waals surface area (Å²) < 4.78 is 4.59. The summed E-state index contributed by atoms with van der Waals surface area (Å²) in [5.74, 6) is 1.30. The molecular formula is C41H32N4. The number of rotatable bonds is 6. The summed E-state index contributed by atoms with van der Waals surface area (Å²) in [5.41, 5.74) is 7.94. The van der Waals surface area contributed by atoms with Gasteiger partial charge in [0.05, 0.1) is 27.8 Å². The van der Waals surface area contributed by atoms with E-state index in [2.05, 4.69) is 120 Å². The second-order valence-corrected chi connectivity index (χ2v) is 10.9. The third-order valence-corrected chi connectivity index (χ3v) is 8.20. The highest BCUT2D eigenvalue weighted by Gasteiger charge is 2.19. The number of benzene rings is 5. The molecule has 0 bridgehead atoms. The van der Waals surface area contributed by atoms with Gasteiger partial charge in [-0.25, -0.2) is 9.98 Å². The Hall–Kier alpha value is -6.00. The Labute approximate surface area is 262 Å². The standard InChI is InChI=1S/C41H32N4/c1-5-17-30(6-2)41(42-28(3)31-18-9-7-10-19-31)43-29(4)44-37-24-15-13-22-33(37)35-27-40-36(26-39(35)44)34-23-14-16-25-38(34)45(40)32-20-11-8-12-21-32/h5-27H,1-3H2,4H3/b30-17+,42-41?,43-29?. The maximum atomic E-state index is 5.15. The van der Waals surface area contributed by atoms with Crippen molar-refractivity contribution in [1.29, 1.82) is 0 Å². The zero-order chi connectivity index (χ0) is 30.9. The molecule has 0 aliphatic carbocycles. The molecule has 2 aromatic heterocycles. The lowest BCUT2D eigenvalue weighted by atomic mass is 10.1. The molecule has 7 rings (SSSR count). The minimum Gasteiger partial charge on any atom is -0.309 e. The Kier molecular flexibility index (Phi) is 7.16. The average molecular weight is 581 g/mol. The molecule has 5 aromatic carbocycles. The van der Waals surface area contributed by atoms with Crippen molar-refractivity contribution in [2.75, 3.05) is 0 Å². The SMILES string of the molecule is C=C/C=C(\C=C)C(=NC(=C)c1ccccc1)N=C(C)n1c2ccccc2c2cc3c(cc21)c1ccccc1n3-c1ccccc1. The summed E-state index contributed by atoms with van der Waals surface area (Å²) in [6.45, 7) is 14.2. The van der Waals surface area contributed by atoms with Crippen molar-refractivity contribution in [3.8, 4) is 5.69 Å². The van der Waals surface area contributed by atoms with Crippen LogP contribution in [0.5, 0.6) is 0 Å². The second kappa shape index (κ2) is 11.6. The number of para-hydroxylation sites is 3. The zero-order valence-corrected chi connectivity index (χ0v) is 25.2. The van der Waals surface area contributed by atoms with Crippen molar-refractivity contribution in [2.24, 2.45) is 9.98 Å². The Morgan fingerprint density at radius 1 is 0.622 bits per heavy atom. The Morgan fingerprint density at radius 2 is 1.20 bits per heavy atom. The number of aromatic nitrogens is 2. The van der Waals surface area contributed by atoms with Gasteiger partial charge in [-0.2, -0.15) is 0 Å². The van der Waals surface area contributed by atoms with Crippen molar-refractivity contribution < 1.29 is 0 Å². The topological polar surface area (TPSA) is 34.6 Å². The van der Waals surface area contributed by atoms with Gasteiger partial charge in [-0.15, -0.1) is 0 Å². The predicted molar refractivity (Wildman–Crippen MR) is 194 cm³/mol. The largest absolute Gasteiger partial charge is 0.309 e. The highest BCUT2D eigenvalue weighted by molar-refractivity contribution is 6.22. The fourth-order valence-corrected chi connectivity index (χ4v) is 6.18. The molecule has 0 unspecified atom stereocenters. The van der Waals surface area contributed by atoms with Crippen LogP contribution in [0, 0.1) is 0 Å². The van der Waals surface area contributed by atoms with Crippen molar-refractivity contribution in [2.45, 2.75) is 6.92 Å². The molecule has 0 spiro atoms. The van der Waals surface area contributed by atoms with Crippen LogP contribution in [0.15, 0.2) is 175 Å². The van der Waals surface area contributed by atoms with Gasteiger partial charge in [0, 0.05) is 32.8 Å². The Balaban J connectivity index is 1.51. The van der Waals surface area contributed by atoms with Crippen LogP contribution in [0.25, 0.3) is 55.0 Å². The maximum absolute atomic E-state index is 5.15. The molecule has 0 amide bonds. The van der Waals surface area contributed by atoms with Crippen molar-refractivity contribution in [1.82, 2.24) is 9.13 Å². The highest BCUT2D eigenvalue weighted by Crippen LogP contribution is 2.38. The molecule has 4 nitrogen and oxygen atoms in total. The molecular weight excluding hydrogens is 548 g/mol. The minimum atomic E-state index is 0.518. The van der Waals surface area contributed by atoms with E-state index in [1.165, 1.54) is 16.3 Å². The molecule has 0 N–H and O–H groups in total. The molecule has 4 heteroatoms. The van der Waals surface area contributed by atoms with Gasteiger partial charge in [-0.3, -0.25) is 4.57 Å². The van der Waals surface area contributed by atoms with Crippen molar-refractivity contribution in [3.05, 3.63) is 170 Å². The first-order valence-corrected chi connectivity index (χ1v) is 14.9. The van der Waals surface area contributed by atoms with Gasteiger partial charge in [-0.1, -0.05) is 123 Å². The molecule has 45 heavy (non-hydrogen) atoms. The van der Waals surface area contributed by atoms with Crippen LogP contribution in [-0.2, 0) is 0 Å². The van der Waals surface area contributed by atoms with E-state index in [0.717, 1.165) is 50.0 Å². The number of fused-ring (bicyclic) bond motifs is 6. The summed E-state index contributed by atoms with van der Waals surface area (Å²) in [6, 6.07) is 42.2. The fraction of sp³-hybridized carbons (Fsp3) is 0.0244. The van der Waals surface area contributed by atoms with Gasteiger partial charge < -0.3 is 4.57 Å². The second-order valence-electron chi connectivity index (χ2n) is 10.9. The molecule has 0 saturated carbocycles. The zero-order valence-electron chi connectivity index (χ0n) is 25.2. The van der Waals surface area contributed by atoms with Crippen LogP contribution < -0.4 is 0 Å². The number of allylic oxidation sites excluding steroid dienone is 2. The van der Waals surface area contributed by atoms with Crippen LogP contribution in [0.1, 0.15) is 12.5 Å². The molecule has 0 fully saturated rings.